The van der Waals surface area contributed by atoms with Crippen LogP contribution < -0.4 is 5.32 Å². The van der Waals surface area contributed by atoms with Crippen molar-refractivity contribution < 1.29 is 0 Å². The summed E-state index contributed by atoms with van der Waals surface area (Å²) in [6.07, 6.45) is 8.92. The summed E-state index contributed by atoms with van der Waals surface area (Å²) in [5.41, 5.74) is 2.04. The van der Waals surface area contributed by atoms with Crippen molar-refractivity contribution in [3.63, 3.8) is 0 Å². The first-order valence-corrected chi connectivity index (χ1v) is 6.69. The van der Waals surface area contributed by atoms with Crippen LogP contribution in [0.1, 0.15) is 18.5 Å². The molecule has 0 aliphatic carbocycles. The molecule has 0 fully saturated rings. The second kappa shape index (κ2) is 4.97. The lowest BCUT2D eigenvalue weighted by molar-refractivity contribution is 0.859. The number of fused-ring (bicyclic) bond motifs is 1. The number of nitrogens with zero attached hydrogens (tertiary/aromatic N) is 4. The number of hydrogen-bond acceptors (Lipinski definition) is 4. The molecule has 3 aromatic rings. The summed E-state index contributed by atoms with van der Waals surface area (Å²) in [5, 5.41) is 7.62. The summed E-state index contributed by atoms with van der Waals surface area (Å²) < 4.78 is 2.71. The van der Waals surface area contributed by atoms with Crippen LogP contribution in [-0.2, 0) is 0 Å². The van der Waals surface area contributed by atoms with E-state index in [-0.39, 0.29) is 6.04 Å². The summed E-state index contributed by atoms with van der Waals surface area (Å²) in [6, 6.07) is 4.08. The third-order valence-electron chi connectivity index (χ3n) is 2.92. The molecule has 1 unspecified atom stereocenters. The normalized spacial score (nSPS) is 12.5. The monoisotopic (exact) mass is 317 g/mol. The van der Waals surface area contributed by atoms with Crippen LogP contribution in [0, 0.1) is 0 Å². The Kier molecular flexibility index (Phi) is 3.16. The van der Waals surface area contributed by atoms with Gasteiger partial charge in [0, 0.05) is 24.8 Å². The van der Waals surface area contributed by atoms with Crippen molar-refractivity contribution in [2.24, 2.45) is 0 Å². The third kappa shape index (κ3) is 2.31. The van der Waals surface area contributed by atoms with Crippen LogP contribution >= 0.6 is 15.9 Å². The predicted molar refractivity (Wildman–Crippen MR) is 77.0 cm³/mol. The number of aromatic nitrogens is 4. The summed E-state index contributed by atoms with van der Waals surface area (Å²) in [6.45, 7) is 2.08. The van der Waals surface area contributed by atoms with Gasteiger partial charge in [-0.1, -0.05) is 6.07 Å². The Labute approximate surface area is 118 Å². The van der Waals surface area contributed by atoms with Crippen LogP contribution in [0.25, 0.3) is 5.52 Å². The van der Waals surface area contributed by atoms with E-state index in [1.54, 1.807) is 23.1 Å². The molecule has 0 bridgehead atoms. The smallest absolute Gasteiger partial charge is 0.153 e. The average molecular weight is 318 g/mol. The number of hydrogen-bond donors (Lipinski definition) is 1. The molecule has 0 aliphatic rings. The van der Waals surface area contributed by atoms with Crippen molar-refractivity contribution in [2.45, 2.75) is 13.0 Å². The summed E-state index contributed by atoms with van der Waals surface area (Å²) >= 11 is 3.49. The fraction of sp³-hybridized carbons (Fsp3) is 0.154. The Morgan fingerprint density at radius 2 is 2.21 bits per heavy atom. The number of anilines is 1. The van der Waals surface area contributed by atoms with E-state index in [2.05, 4.69) is 43.2 Å². The molecule has 0 radical (unpaired) electrons. The van der Waals surface area contributed by atoms with Crippen molar-refractivity contribution in [1.29, 1.82) is 0 Å². The zero-order valence-corrected chi connectivity index (χ0v) is 11.9. The predicted octanol–water partition coefficient (Wildman–Crippen LogP) is 3.06. The second-order valence-corrected chi connectivity index (χ2v) is 5.07. The fourth-order valence-corrected chi connectivity index (χ4v) is 2.40. The number of halogens is 1. The maximum absolute atomic E-state index is 4.38. The standard InChI is InChI=1S/C13H12BrN5/c1-9(10-3-2-4-15-7-10)18-13-12-11(14)8-17-19(12)6-5-16-13/h2-9H,1H3,(H,16,18). The molecular formula is C13H12BrN5. The Morgan fingerprint density at radius 1 is 1.32 bits per heavy atom. The second-order valence-electron chi connectivity index (χ2n) is 4.21. The molecule has 5 nitrogen and oxygen atoms in total. The molecule has 0 aromatic carbocycles. The molecule has 1 N–H and O–H groups in total. The first kappa shape index (κ1) is 12.1. The lowest BCUT2D eigenvalue weighted by Crippen LogP contribution is -2.09. The van der Waals surface area contributed by atoms with Gasteiger partial charge in [-0.25, -0.2) is 9.50 Å². The van der Waals surface area contributed by atoms with Crippen LogP contribution in [0.4, 0.5) is 5.82 Å². The first-order valence-electron chi connectivity index (χ1n) is 5.90. The van der Waals surface area contributed by atoms with E-state index in [1.165, 1.54) is 0 Å². The van der Waals surface area contributed by atoms with Crippen molar-refractivity contribution in [3.8, 4) is 0 Å². The van der Waals surface area contributed by atoms with Crippen molar-refractivity contribution in [2.75, 3.05) is 5.32 Å². The first-order chi connectivity index (χ1) is 9.25. The number of pyridine rings is 1. The van der Waals surface area contributed by atoms with E-state index in [9.17, 15) is 0 Å². The van der Waals surface area contributed by atoms with E-state index in [4.69, 9.17) is 0 Å². The van der Waals surface area contributed by atoms with Gasteiger partial charge >= 0.3 is 0 Å². The maximum atomic E-state index is 4.38. The third-order valence-corrected chi connectivity index (χ3v) is 3.50. The molecule has 0 spiro atoms. The minimum absolute atomic E-state index is 0.120. The molecule has 0 saturated heterocycles. The highest BCUT2D eigenvalue weighted by Crippen LogP contribution is 2.26. The zero-order chi connectivity index (χ0) is 13.2. The van der Waals surface area contributed by atoms with E-state index in [0.29, 0.717) is 0 Å². The Hall–Kier alpha value is -1.95. The molecular weight excluding hydrogens is 306 g/mol. The number of nitrogens with one attached hydrogen (secondary N) is 1. The highest BCUT2D eigenvalue weighted by Gasteiger charge is 2.11. The van der Waals surface area contributed by atoms with Crippen molar-refractivity contribution in [3.05, 3.63) is 53.2 Å². The van der Waals surface area contributed by atoms with Gasteiger partial charge in [0.15, 0.2) is 5.82 Å². The van der Waals surface area contributed by atoms with Gasteiger partial charge in [-0.3, -0.25) is 4.98 Å². The minimum Gasteiger partial charge on any atom is -0.362 e. The molecule has 6 heteroatoms. The average Bonchev–Trinajstić information content (AvgIpc) is 2.83. The summed E-state index contributed by atoms with van der Waals surface area (Å²) in [7, 11) is 0. The topological polar surface area (TPSA) is 55.1 Å². The van der Waals surface area contributed by atoms with Crippen LogP contribution in [0.3, 0.4) is 0 Å². The SMILES string of the molecule is CC(Nc1nccn2ncc(Br)c12)c1cccnc1. The Balaban J connectivity index is 1.95. The Morgan fingerprint density at radius 3 is 3.00 bits per heavy atom. The lowest BCUT2D eigenvalue weighted by atomic mass is 10.1. The molecule has 3 heterocycles. The van der Waals surface area contributed by atoms with Crippen LogP contribution in [0.15, 0.2) is 47.6 Å². The summed E-state index contributed by atoms with van der Waals surface area (Å²) in [4.78, 5) is 8.51. The zero-order valence-electron chi connectivity index (χ0n) is 10.3. The molecule has 0 saturated carbocycles. The van der Waals surface area contributed by atoms with E-state index in [0.717, 1.165) is 21.4 Å². The van der Waals surface area contributed by atoms with E-state index < -0.39 is 0 Å². The van der Waals surface area contributed by atoms with Gasteiger partial charge in [0.25, 0.3) is 0 Å². The van der Waals surface area contributed by atoms with Crippen molar-refractivity contribution >= 4 is 27.3 Å². The Bertz CT molecular complexity index is 695. The molecule has 1 atom stereocenters. The largest absolute Gasteiger partial charge is 0.362 e. The van der Waals surface area contributed by atoms with Crippen molar-refractivity contribution in [1.82, 2.24) is 19.6 Å². The van der Waals surface area contributed by atoms with Crippen LogP contribution in [0.2, 0.25) is 0 Å². The lowest BCUT2D eigenvalue weighted by Gasteiger charge is -2.15. The van der Waals surface area contributed by atoms with Gasteiger partial charge < -0.3 is 5.32 Å². The minimum atomic E-state index is 0.120. The summed E-state index contributed by atoms with van der Waals surface area (Å²) in [5.74, 6) is 0.795. The number of rotatable bonds is 3. The van der Waals surface area contributed by atoms with Gasteiger partial charge in [-0.2, -0.15) is 5.10 Å². The molecule has 96 valence electrons. The van der Waals surface area contributed by atoms with Gasteiger partial charge in [-0.15, -0.1) is 0 Å². The highest BCUT2D eigenvalue weighted by molar-refractivity contribution is 9.10. The maximum Gasteiger partial charge on any atom is 0.153 e. The van der Waals surface area contributed by atoms with Gasteiger partial charge in [-0.05, 0) is 34.5 Å². The van der Waals surface area contributed by atoms with Gasteiger partial charge in [0.1, 0.15) is 5.52 Å². The van der Waals surface area contributed by atoms with Crippen LogP contribution in [-0.4, -0.2) is 19.6 Å². The van der Waals surface area contributed by atoms with Gasteiger partial charge in [0.05, 0.1) is 16.7 Å². The highest BCUT2D eigenvalue weighted by atomic mass is 79.9. The molecule has 0 aliphatic heterocycles. The molecule has 19 heavy (non-hydrogen) atoms. The van der Waals surface area contributed by atoms with Crippen LogP contribution in [0.5, 0.6) is 0 Å². The fourth-order valence-electron chi connectivity index (χ4n) is 1.93. The van der Waals surface area contributed by atoms with E-state index >= 15 is 0 Å². The van der Waals surface area contributed by atoms with E-state index in [1.807, 2.05) is 24.5 Å². The quantitative estimate of drug-likeness (QED) is 0.806. The van der Waals surface area contributed by atoms with Gasteiger partial charge in [0.2, 0.25) is 0 Å². The molecule has 3 aromatic heterocycles. The molecule has 0 amide bonds. The molecule has 3 rings (SSSR count).